The second-order valence-corrected chi connectivity index (χ2v) is 7.18. The van der Waals surface area contributed by atoms with E-state index in [2.05, 4.69) is 19.9 Å². The molecule has 5 nitrogen and oxygen atoms in total. The highest BCUT2D eigenvalue weighted by atomic mass is 32.1. The normalized spacial score (nSPS) is 11.6. The molecule has 0 aliphatic rings. The average Bonchev–Trinajstić information content (AvgIpc) is 3.18. The summed E-state index contributed by atoms with van der Waals surface area (Å²) in [6.07, 6.45) is -1.17. The smallest absolute Gasteiger partial charge is 0.368 e. The Morgan fingerprint density at radius 3 is 2.21 bits per heavy atom. The lowest BCUT2D eigenvalue weighted by Gasteiger charge is -2.09. The maximum Gasteiger partial charge on any atom is 0.416 e. The van der Waals surface area contributed by atoms with Gasteiger partial charge < -0.3 is 5.73 Å². The van der Waals surface area contributed by atoms with E-state index in [0.29, 0.717) is 22.0 Å². The van der Waals surface area contributed by atoms with Crippen LogP contribution in [-0.4, -0.2) is 19.9 Å². The summed E-state index contributed by atoms with van der Waals surface area (Å²) >= 11 is 1.41. The van der Waals surface area contributed by atoms with Crippen LogP contribution in [0.5, 0.6) is 0 Å². The maximum absolute atomic E-state index is 12.8. The Labute approximate surface area is 168 Å². The highest BCUT2D eigenvalue weighted by molar-refractivity contribution is 7.13. The van der Waals surface area contributed by atoms with Gasteiger partial charge >= 0.3 is 6.18 Å². The van der Waals surface area contributed by atoms with Crippen molar-refractivity contribution in [3.63, 3.8) is 0 Å². The molecule has 0 amide bonds. The van der Waals surface area contributed by atoms with E-state index >= 15 is 0 Å². The Balaban J connectivity index is 1.68. The summed E-state index contributed by atoms with van der Waals surface area (Å²) in [7, 11) is 0. The number of hydrogen-bond acceptors (Lipinski definition) is 6. The quantitative estimate of drug-likeness (QED) is 0.497. The summed E-state index contributed by atoms with van der Waals surface area (Å²) in [6, 6.07) is 8.72. The van der Waals surface area contributed by atoms with Crippen molar-refractivity contribution in [2.75, 3.05) is 5.73 Å². The lowest BCUT2D eigenvalue weighted by molar-refractivity contribution is -0.137. The Kier molecular flexibility index (Phi) is 4.75. The van der Waals surface area contributed by atoms with Crippen LogP contribution in [0, 0.1) is 6.92 Å². The van der Waals surface area contributed by atoms with E-state index < -0.39 is 11.7 Å². The van der Waals surface area contributed by atoms with Crippen LogP contribution >= 0.6 is 11.3 Å². The highest BCUT2D eigenvalue weighted by Crippen LogP contribution is 2.33. The van der Waals surface area contributed by atoms with Gasteiger partial charge in [-0.2, -0.15) is 13.2 Å². The van der Waals surface area contributed by atoms with Crippen molar-refractivity contribution in [3.05, 3.63) is 65.4 Å². The fraction of sp³-hybridized carbons (Fsp3) is 0.100. The fourth-order valence-electron chi connectivity index (χ4n) is 2.79. The van der Waals surface area contributed by atoms with Gasteiger partial charge in [0, 0.05) is 29.0 Å². The second-order valence-electron chi connectivity index (χ2n) is 6.33. The van der Waals surface area contributed by atoms with E-state index in [1.807, 2.05) is 24.4 Å². The number of alkyl halides is 3. The van der Waals surface area contributed by atoms with Gasteiger partial charge in [-0.1, -0.05) is 12.1 Å². The number of rotatable bonds is 3. The molecule has 1 aromatic carbocycles. The topological polar surface area (TPSA) is 77.6 Å². The number of nitrogen functional groups attached to an aromatic ring is 1. The Morgan fingerprint density at radius 1 is 0.862 bits per heavy atom. The van der Waals surface area contributed by atoms with Gasteiger partial charge in [0.05, 0.1) is 17.0 Å². The van der Waals surface area contributed by atoms with Gasteiger partial charge in [-0.15, -0.1) is 11.3 Å². The molecular formula is C20H14F3N5S. The van der Waals surface area contributed by atoms with Crippen molar-refractivity contribution >= 4 is 17.3 Å². The molecular weight excluding hydrogens is 399 g/mol. The molecule has 0 fully saturated rings. The molecule has 0 spiro atoms. The van der Waals surface area contributed by atoms with Crippen LogP contribution in [-0.2, 0) is 6.18 Å². The number of halogens is 3. The van der Waals surface area contributed by atoms with Gasteiger partial charge in [0.15, 0.2) is 0 Å². The van der Waals surface area contributed by atoms with Crippen LogP contribution in [0.4, 0.5) is 19.1 Å². The van der Waals surface area contributed by atoms with Gasteiger partial charge in [-0.3, -0.25) is 4.98 Å². The first-order chi connectivity index (χ1) is 13.8. The Hall–Kier alpha value is -3.33. The monoisotopic (exact) mass is 413 g/mol. The van der Waals surface area contributed by atoms with Crippen LogP contribution in [0.25, 0.3) is 33.1 Å². The first-order valence-electron chi connectivity index (χ1n) is 8.50. The second kappa shape index (κ2) is 7.25. The molecule has 0 radical (unpaired) electrons. The number of nitrogens with zero attached hydrogens (tertiary/aromatic N) is 4. The molecule has 3 aromatic heterocycles. The van der Waals surface area contributed by atoms with Gasteiger partial charge in [0.25, 0.3) is 0 Å². The Bertz CT molecular complexity index is 1150. The zero-order valence-electron chi connectivity index (χ0n) is 15.1. The van der Waals surface area contributed by atoms with E-state index in [1.54, 1.807) is 12.4 Å². The van der Waals surface area contributed by atoms with Crippen molar-refractivity contribution in [2.45, 2.75) is 13.1 Å². The minimum Gasteiger partial charge on any atom is -0.368 e. The molecule has 9 heteroatoms. The number of aromatic nitrogens is 4. The number of thiazole rings is 1. The third-order valence-corrected chi connectivity index (χ3v) is 5.05. The maximum atomic E-state index is 12.8. The molecule has 0 atom stereocenters. The van der Waals surface area contributed by atoms with Gasteiger partial charge in [0.1, 0.15) is 5.01 Å². The summed E-state index contributed by atoms with van der Waals surface area (Å²) in [5.74, 6) is 0.186. The molecule has 0 aliphatic heterocycles. The van der Waals surface area contributed by atoms with Crippen LogP contribution in [0.3, 0.4) is 0 Å². The lowest BCUT2D eigenvalue weighted by Crippen LogP contribution is -2.04. The Morgan fingerprint density at radius 2 is 1.55 bits per heavy atom. The van der Waals surface area contributed by atoms with Crippen LogP contribution in [0.15, 0.2) is 54.2 Å². The van der Waals surface area contributed by atoms with E-state index in [4.69, 9.17) is 5.73 Å². The van der Waals surface area contributed by atoms with Crippen LogP contribution in [0.2, 0.25) is 0 Å². The summed E-state index contributed by atoms with van der Waals surface area (Å²) < 4.78 is 38.4. The lowest BCUT2D eigenvalue weighted by atomic mass is 10.0. The molecule has 2 N–H and O–H groups in total. The van der Waals surface area contributed by atoms with Crippen molar-refractivity contribution in [3.8, 4) is 33.1 Å². The molecule has 0 saturated heterocycles. The number of nitrogens with two attached hydrogens (primary N) is 1. The molecule has 4 rings (SSSR count). The molecule has 29 heavy (non-hydrogen) atoms. The van der Waals surface area contributed by atoms with Crippen LogP contribution < -0.4 is 5.73 Å². The molecule has 4 aromatic rings. The molecule has 0 unspecified atom stereocenters. The van der Waals surface area contributed by atoms with Crippen molar-refractivity contribution < 1.29 is 13.2 Å². The standard InChI is InChI=1S/C20H14F3N5S/c1-11-6-13(12-2-4-15(5-3-12)20(21,22)23)7-16(27-11)18-28-17(10-29-18)14-8-25-19(24)26-9-14/h2-10H,1H3,(H2,24,25,26). The summed E-state index contributed by atoms with van der Waals surface area (Å²) in [6.45, 7) is 1.83. The first-order valence-corrected chi connectivity index (χ1v) is 9.38. The molecule has 3 heterocycles. The average molecular weight is 413 g/mol. The van der Waals surface area contributed by atoms with E-state index in [0.717, 1.165) is 29.0 Å². The summed E-state index contributed by atoms with van der Waals surface area (Å²) in [4.78, 5) is 17.0. The number of aryl methyl sites for hydroxylation is 1. The molecule has 146 valence electrons. The summed E-state index contributed by atoms with van der Waals surface area (Å²) in [5.41, 5.74) is 9.10. The minimum absolute atomic E-state index is 0.186. The van der Waals surface area contributed by atoms with Gasteiger partial charge in [-0.25, -0.2) is 15.0 Å². The third kappa shape index (κ3) is 4.09. The van der Waals surface area contributed by atoms with Crippen molar-refractivity contribution in [1.29, 1.82) is 0 Å². The van der Waals surface area contributed by atoms with E-state index in [1.165, 1.54) is 23.5 Å². The molecule has 0 aliphatic carbocycles. The molecule has 0 bridgehead atoms. The van der Waals surface area contributed by atoms with Crippen molar-refractivity contribution in [2.24, 2.45) is 0 Å². The SMILES string of the molecule is Cc1cc(-c2ccc(C(F)(F)F)cc2)cc(-c2nc(-c3cnc(N)nc3)cs2)n1. The number of hydrogen-bond donors (Lipinski definition) is 1. The van der Waals surface area contributed by atoms with Gasteiger partial charge in [-0.05, 0) is 42.3 Å². The fourth-order valence-corrected chi connectivity index (χ4v) is 3.58. The molecule has 0 saturated carbocycles. The largest absolute Gasteiger partial charge is 0.416 e. The van der Waals surface area contributed by atoms with Crippen molar-refractivity contribution in [1.82, 2.24) is 19.9 Å². The van der Waals surface area contributed by atoms with Gasteiger partial charge in [0.2, 0.25) is 5.95 Å². The zero-order chi connectivity index (χ0) is 20.6. The predicted octanol–water partition coefficient (Wildman–Crippen LogP) is 5.24. The van der Waals surface area contributed by atoms with Crippen LogP contribution in [0.1, 0.15) is 11.3 Å². The zero-order valence-corrected chi connectivity index (χ0v) is 15.9. The third-order valence-electron chi connectivity index (χ3n) is 4.19. The highest BCUT2D eigenvalue weighted by Gasteiger charge is 2.30. The number of pyridine rings is 1. The van der Waals surface area contributed by atoms with E-state index in [-0.39, 0.29) is 5.95 Å². The number of benzene rings is 1. The summed E-state index contributed by atoms with van der Waals surface area (Å²) in [5, 5.41) is 2.56. The van der Waals surface area contributed by atoms with E-state index in [9.17, 15) is 13.2 Å². The first kappa shape index (κ1) is 19.0. The minimum atomic E-state index is -4.36. The predicted molar refractivity (Wildman–Crippen MR) is 106 cm³/mol. The number of anilines is 1.